The Labute approximate surface area is 226 Å². The zero-order chi connectivity index (χ0) is 27.0. The normalized spacial score (nSPS) is 10.9. The molecule has 0 saturated carbocycles. The first-order chi connectivity index (χ1) is 19.1. The summed E-state index contributed by atoms with van der Waals surface area (Å²) in [7, 11) is 0. The van der Waals surface area contributed by atoms with Gasteiger partial charge in [0.05, 0.1) is 11.8 Å². The number of esters is 1. The van der Waals surface area contributed by atoms with Crippen LogP contribution in [0, 0.1) is 6.92 Å². The highest BCUT2D eigenvalue weighted by atomic mass is 16.5. The van der Waals surface area contributed by atoms with Gasteiger partial charge >= 0.3 is 5.97 Å². The lowest BCUT2D eigenvalue weighted by atomic mass is 10.0. The molecule has 0 spiro atoms. The highest BCUT2D eigenvalue weighted by Crippen LogP contribution is 2.27. The largest absolute Gasteiger partial charge is 0.484 e. The third kappa shape index (κ3) is 6.37. The van der Waals surface area contributed by atoms with Crippen LogP contribution in [0.3, 0.4) is 0 Å². The lowest BCUT2D eigenvalue weighted by Crippen LogP contribution is -2.24. The molecule has 6 heteroatoms. The molecule has 0 heterocycles. The average Bonchev–Trinajstić information content (AvgIpc) is 2.97. The number of nitrogens with zero attached hydrogens (tertiary/aromatic N) is 1. The highest BCUT2D eigenvalue weighted by molar-refractivity contribution is 6.04. The number of nitrogens with one attached hydrogen (secondary N) is 1. The summed E-state index contributed by atoms with van der Waals surface area (Å²) in [6.45, 7) is 1.71. The van der Waals surface area contributed by atoms with Gasteiger partial charge in [0.15, 0.2) is 6.61 Å². The van der Waals surface area contributed by atoms with Crippen LogP contribution in [-0.2, 0) is 4.79 Å². The quantitative estimate of drug-likeness (QED) is 0.110. The first-order valence-electron chi connectivity index (χ1n) is 12.5. The Hall–Kier alpha value is -5.23. The van der Waals surface area contributed by atoms with Crippen molar-refractivity contribution in [2.24, 2.45) is 5.10 Å². The molecular weight excluding hydrogens is 488 g/mol. The van der Waals surface area contributed by atoms with E-state index in [0.717, 1.165) is 27.5 Å². The van der Waals surface area contributed by atoms with E-state index in [1.165, 1.54) is 6.21 Å². The number of ether oxygens (including phenoxy) is 2. The molecule has 5 aromatic carbocycles. The van der Waals surface area contributed by atoms with Crippen molar-refractivity contribution in [1.29, 1.82) is 0 Å². The summed E-state index contributed by atoms with van der Waals surface area (Å²) in [4.78, 5) is 25.2. The molecule has 1 N–H and O–H groups in total. The van der Waals surface area contributed by atoms with Crippen molar-refractivity contribution < 1.29 is 19.1 Å². The Morgan fingerprint density at radius 3 is 2.33 bits per heavy atom. The van der Waals surface area contributed by atoms with Crippen LogP contribution in [0.15, 0.2) is 120 Å². The molecule has 0 fully saturated rings. The maximum Gasteiger partial charge on any atom is 0.343 e. The van der Waals surface area contributed by atoms with Crippen molar-refractivity contribution in [3.8, 4) is 22.6 Å². The summed E-state index contributed by atoms with van der Waals surface area (Å²) in [6.07, 6.45) is 1.48. The van der Waals surface area contributed by atoms with Crippen molar-refractivity contribution in [2.45, 2.75) is 6.92 Å². The second-order valence-corrected chi connectivity index (χ2v) is 8.93. The molecule has 0 bridgehead atoms. The number of hydrazone groups is 1. The van der Waals surface area contributed by atoms with E-state index in [9.17, 15) is 9.59 Å². The van der Waals surface area contributed by atoms with Gasteiger partial charge in [-0.1, -0.05) is 90.5 Å². The number of benzene rings is 5. The fourth-order valence-electron chi connectivity index (χ4n) is 4.15. The summed E-state index contributed by atoms with van der Waals surface area (Å²) < 4.78 is 11.3. The smallest absolute Gasteiger partial charge is 0.343 e. The number of rotatable bonds is 8. The molecule has 5 rings (SSSR count). The van der Waals surface area contributed by atoms with Crippen LogP contribution in [0.1, 0.15) is 21.5 Å². The summed E-state index contributed by atoms with van der Waals surface area (Å²) in [5.74, 6) is 0.0254. The monoisotopic (exact) mass is 514 g/mol. The first kappa shape index (κ1) is 25.4. The van der Waals surface area contributed by atoms with E-state index in [-0.39, 0.29) is 6.61 Å². The molecular formula is C33H26N2O4. The van der Waals surface area contributed by atoms with Gasteiger partial charge in [0, 0.05) is 5.56 Å². The number of carbonyl (C=O) groups excluding carboxylic acids is 2. The van der Waals surface area contributed by atoms with Gasteiger partial charge in [-0.15, -0.1) is 0 Å². The van der Waals surface area contributed by atoms with Gasteiger partial charge in [-0.3, -0.25) is 4.79 Å². The number of hydrogen-bond acceptors (Lipinski definition) is 5. The molecule has 0 radical (unpaired) electrons. The van der Waals surface area contributed by atoms with Crippen LogP contribution < -0.4 is 14.9 Å². The lowest BCUT2D eigenvalue weighted by molar-refractivity contribution is -0.123. The molecule has 0 saturated heterocycles. The SMILES string of the molecule is Cc1cccc(C(=O)Oc2ccc3ccccc3c2/C=N\NC(=O)COc2ccc(-c3ccccc3)cc2)c1. The fraction of sp³-hybridized carbons (Fsp3) is 0.0606. The predicted octanol–water partition coefficient (Wildman–Crippen LogP) is 6.56. The van der Waals surface area contributed by atoms with Crippen molar-refractivity contribution in [3.63, 3.8) is 0 Å². The molecule has 0 unspecified atom stereocenters. The third-order valence-corrected chi connectivity index (χ3v) is 6.10. The molecule has 192 valence electrons. The Bertz CT molecular complexity index is 1640. The molecule has 0 aliphatic rings. The van der Waals surface area contributed by atoms with Crippen LogP contribution in [0.5, 0.6) is 11.5 Å². The molecule has 1 amide bonds. The number of amides is 1. The van der Waals surface area contributed by atoms with E-state index in [1.54, 1.807) is 18.2 Å². The summed E-state index contributed by atoms with van der Waals surface area (Å²) in [6, 6.07) is 36.0. The average molecular weight is 515 g/mol. The molecule has 5 aromatic rings. The zero-order valence-electron chi connectivity index (χ0n) is 21.3. The summed E-state index contributed by atoms with van der Waals surface area (Å²) >= 11 is 0. The summed E-state index contributed by atoms with van der Waals surface area (Å²) in [5, 5.41) is 5.90. The van der Waals surface area contributed by atoms with Crippen molar-refractivity contribution >= 4 is 28.9 Å². The van der Waals surface area contributed by atoms with Gasteiger partial charge in [0.25, 0.3) is 5.91 Å². The van der Waals surface area contributed by atoms with Crippen LogP contribution in [0.2, 0.25) is 0 Å². The Morgan fingerprint density at radius 2 is 1.54 bits per heavy atom. The number of aryl methyl sites for hydroxylation is 1. The van der Waals surface area contributed by atoms with Gasteiger partial charge in [-0.2, -0.15) is 5.10 Å². The third-order valence-electron chi connectivity index (χ3n) is 6.10. The minimum absolute atomic E-state index is 0.202. The van der Waals surface area contributed by atoms with Crippen molar-refractivity contribution in [1.82, 2.24) is 5.43 Å². The minimum atomic E-state index is -0.473. The zero-order valence-corrected chi connectivity index (χ0v) is 21.3. The standard InChI is InChI=1S/C33H26N2O4/c1-23-8-7-12-27(20-23)33(37)39-31-19-16-26-11-5-6-13-29(26)30(31)21-34-35-32(36)22-38-28-17-14-25(15-18-28)24-9-3-2-4-10-24/h2-21H,22H2,1H3,(H,35,36)/b34-21-. The Balaban J connectivity index is 1.25. The maximum absolute atomic E-state index is 12.8. The lowest BCUT2D eigenvalue weighted by Gasteiger charge is -2.11. The van der Waals surface area contributed by atoms with Gasteiger partial charge < -0.3 is 9.47 Å². The van der Waals surface area contributed by atoms with Crippen molar-refractivity contribution in [2.75, 3.05) is 6.61 Å². The summed E-state index contributed by atoms with van der Waals surface area (Å²) in [5.41, 5.74) is 6.64. The fourth-order valence-corrected chi connectivity index (χ4v) is 4.15. The molecule has 0 aliphatic heterocycles. The molecule has 0 atom stereocenters. The topological polar surface area (TPSA) is 77.0 Å². The Morgan fingerprint density at radius 1 is 0.795 bits per heavy atom. The number of fused-ring (bicyclic) bond motifs is 1. The van der Waals surface area contributed by atoms with Crippen LogP contribution >= 0.6 is 0 Å². The van der Waals surface area contributed by atoms with Gasteiger partial charge in [0.2, 0.25) is 0 Å². The van der Waals surface area contributed by atoms with E-state index in [0.29, 0.717) is 22.6 Å². The van der Waals surface area contributed by atoms with E-state index >= 15 is 0 Å². The van der Waals surface area contributed by atoms with E-state index in [1.807, 2.05) is 104 Å². The molecule has 39 heavy (non-hydrogen) atoms. The second kappa shape index (κ2) is 11.9. The van der Waals surface area contributed by atoms with Gasteiger partial charge in [-0.05, 0) is 59.2 Å². The number of carbonyl (C=O) groups is 2. The van der Waals surface area contributed by atoms with Crippen LogP contribution in [-0.4, -0.2) is 24.7 Å². The van der Waals surface area contributed by atoms with E-state index in [4.69, 9.17) is 9.47 Å². The van der Waals surface area contributed by atoms with Gasteiger partial charge in [0.1, 0.15) is 11.5 Å². The van der Waals surface area contributed by atoms with Crippen LogP contribution in [0.4, 0.5) is 0 Å². The molecule has 0 aromatic heterocycles. The van der Waals surface area contributed by atoms with Gasteiger partial charge in [-0.25, -0.2) is 10.2 Å². The van der Waals surface area contributed by atoms with E-state index in [2.05, 4.69) is 10.5 Å². The Kier molecular flexibility index (Phi) is 7.74. The molecule has 0 aliphatic carbocycles. The molecule has 6 nitrogen and oxygen atoms in total. The predicted molar refractivity (Wildman–Crippen MR) is 153 cm³/mol. The maximum atomic E-state index is 12.8. The van der Waals surface area contributed by atoms with Crippen molar-refractivity contribution in [3.05, 3.63) is 132 Å². The first-order valence-corrected chi connectivity index (χ1v) is 12.5. The number of hydrogen-bond donors (Lipinski definition) is 1. The highest BCUT2D eigenvalue weighted by Gasteiger charge is 2.14. The second-order valence-electron chi connectivity index (χ2n) is 8.93. The minimum Gasteiger partial charge on any atom is -0.484 e. The van der Waals surface area contributed by atoms with Crippen LogP contribution in [0.25, 0.3) is 21.9 Å². The van der Waals surface area contributed by atoms with E-state index < -0.39 is 11.9 Å².